The number of aromatic carboxylic acids is 1. The van der Waals surface area contributed by atoms with Gasteiger partial charge in [-0.25, -0.2) is 9.69 Å². The van der Waals surface area contributed by atoms with E-state index in [1.165, 1.54) is 6.07 Å². The lowest BCUT2D eigenvalue weighted by atomic mass is 9.85. The Kier molecular flexibility index (Phi) is 2.48. The topological polar surface area (TPSA) is 103 Å². The molecule has 1 aromatic heterocycles. The normalized spacial score (nSPS) is 25.8. The second-order valence-corrected chi connectivity index (χ2v) is 4.61. The van der Waals surface area contributed by atoms with Gasteiger partial charge in [0.05, 0.1) is 11.8 Å². The van der Waals surface area contributed by atoms with Crippen molar-refractivity contribution in [2.75, 3.05) is 4.90 Å². The highest BCUT2D eigenvalue weighted by molar-refractivity contribution is 6.21. The molecule has 0 unspecified atom stereocenters. The van der Waals surface area contributed by atoms with E-state index in [0.717, 1.165) is 4.90 Å². The molecule has 1 aliphatic heterocycles. The summed E-state index contributed by atoms with van der Waals surface area (Å²) in [6.45, 7) is 0. The van der Waals surface area contributed by atoms with Crippen LogP contribution < -0.4 is 4.90 Å². The van der Waals surface area contributed by atoms with Crippen LogP contribution in [0.25, 0.3) is 0 Å². The Labute approximate surface area is 107 Å². The Morgan fingerprint density at radius 1 is 1.26 bits per heavy atom. The number of aromatic nitrogens is 2. The van der Waals surface area contributed by atoms with E-state index in [0.29, 0.717) is 12.8 Å². The maximum atomic E-state index is 12.2. The maximum Gasteiger partial charge on any atom is 0.353 e. The lowest BCUT2D eigenvalue weighted by Gasteiger charge is -2.14. The molecular formula is C12H11N3O4. The summed E-state index contributed by atoms with van der Waals surface area (Å²) in [4.78, 5) is 36.2. The number of carboxylic acids is 1. The number of carboxylic acid groups (broad SMARTS) is 1. The minimum atomic E-state index is -1.18. The first-order chi connectivity index (χ1) is 9.09. The molecule has 0 spiro atoms. The van der Waals surface area contributed by atoms with E-state index >= 15 is 0 Å². The molecular weight excluding hydrogens is 250 g/mol. The van der Waals surface area contributed by atoms with Crippen LogP contribution in [0.2, 0.25) is 0 Å². The molecule has 7 heteroatoms. The van der Waals surface area contributed by atoms with Gasteiger partial charge in [-0.05, 0) is 12.8 Å². The molecule has 0 radical (unpaired) electrons. The fourth-order valence-electron chi connectivity index (χ4n) is 2.56. The first kappa shape index (κ1) is 11.6. The fourth-order valence-corrected chi connectivity index (χ4v) is 2.56. The number of H-pyrrole nitrogens is 1. The SMILES string of the molecule is O=C(O)c1cc(N2C(=O)[C@H]3CC=CC[C@H]3C2=O)n[nH]1. The predicted octanol–water partition coefficient (Wildman–Crippen LogP) is 0.564. The van der Waals surface area contributed by atoms with Gasteiger partial charge in [0.1, 0.15) is 5.69 Å². The summed E-state index contributed by atoms with van der Waals surface area (Å²) < 4.78 is 0. The average Bonchev–Trinajstić information content (AvgIpc) is 2.96. The molecule has 0 saturated carbocycles. The first-order valence-corrected chi connectivity index (χ1v) is 5.91. The third-order valence-electron chi connectivity index (χ3n) is 3.53. The number of rotatable bonds is 2. The summed E-state index contributed by atoms with van der Waals surface area (Å²) in [5.74, 6) is -2.42. The van der Waals surface area contributed by atoms with Crippen LogP contribution in [0.15, 0.2) is 18.2 Å². The van der Waals surface area contributed by atoms with Crippen LogP contribution in [-0.2, 0) is 9.59 Å². The van der Waals surface area contributed by atoms with Gasteiger partial charge in [-0.2, -0.15) is 5.10 Å². The van der Waals surface area contributed by atoms with Gasteiger partial charge in [0, 0.05) is 6.07 Å². The molecule has 2 aliphatic rings. The van der Waals surface area contributed by atoms with Crippen LogP contribution in [0.1, 0.15) is 23.3 Å². The molecule has 1 aromatic rings. The molecule has 0 aromatic carbocycles. The van der Waals surface area contributed by atoms with E-state index in [4.69, 9.17) is 5.11 Å². The van der Waals surface area contributed by atoms with Crippen LogP contribution in [-0.4, -0.2) is 33.1 Å². The van der Waals surface area contributed by atoms with Crippen LogP contribution in [0.5, 0.6) is 0 Å². The molecule has 19 heavy (non-hydrogen) atoms. The van der Waals surface area contributed by atoms with Gasteiger partial charge in [0.2, 0.25) is 11.8 Å². The van der Waals surface area contributed by atoms with Gasteiger partial charge in [-0.3, -0.25) is 14.7 Å². The summed E-state index contributed by atoms with van der Waals surface area (Å²) in [6.07, 6.45) is 4.87. The second-order valence-electron chi connectivity index (χ2n) is 4.61. The quantitative estimate of drug-likeness (QED) is 0.598. The number of amides is 2. The second kappa shape index (κ2) is 4.04. The third kappa shape index (κ3) is 1.66. The van der Waals surface area contributed by atoms with Crippen molar-refractivity contribution in [2.45, 2.75) is 12.8 Å². The van der Waals surface area contributed by atoms with Gasteiger partial charge >= 0.3 is 5.97 Å². The number of anilines is 1. The number of nitrogens with one attached hydrogen (secondary N) is 1. The van der Waals surface area contributed by atoms with Gasteiger partial charge < -0.3 is 5.11 Å². The maximum absolute atomic E-state index is 12.2. The zero-order valence-electron chi connectivity index (χ0n) is 9.87. The molecule has 98 valence electrons. The molecule has 7 nitrogen and oxygen atoms in total. The number of fused-ring (bicyclic) bond motifs is 1. The van der Waals surface area contributed by atoms with Crippen molar-refractivity contribution in [2.24, 2.45) is 11.8 Å². The van der Waals surface area contributed by atoms with Crippen molar-refractivity contribution in [3.63, 3.8) is 0 Å². The Morgan fingerprint density at radius 3 is 2.32 bits per heavy atom. The Bertz CT molecular complexity index is 578. The highest BCUT2D eigenvalue weighted by Crippen LogP contribution is 2.37. The number of aromatic amines is 1. The number of carbonyl (C=O) groups is 3. The van der Waals surface area contributed by atoms with Crippen molar-refractivity contribution in [1.29, 1.82) is 0 Å². The van der Waals surface area contributed by atoms with E-state index < -0.39 is 5.97 Å². The number of hydrogen-bond donors (Lipinski definition) is 2. The first-order valence-electron chi connectivity index (χ1n) is 5.91. The molecule has 2 N–H and O–H groups in total. The number of carbonyl (C=O) groups excluding carboxylic acids is 2. The standard InChI is InChI=1S/C12H11N3O4/c16-10-6-3-1-2-4-7(6)11(17)15(10)9-5-8(12(18)19)13-14-9/h1-2,5-7H,3-4H2,(H,13,14)(H,18,19)/t6-,7+. The van der Waals surface area contributed by atoms with E-state index in [1.54, 1.807) is 0 Å². The summed E-state index contributed by atoms with van der Waals surface area (Å²) in [6, 6.07) is 1.20. The van der Waals surface area contributed by atoms with Crippen LogP contribution in [0, 0.1) is 11.8 Å². The summed E-state index contributed by atoms with van der Waals surface area (Å²) in [7, 11) is 0. The van der Waals surface area contributed by atoms with Gasteiger partial charge in [0.15, 0.2) is 5.82 Å². The minimum Gasteiger partial charge on any atom is -0.477 e. The van der Waals surface area contributed by atoms with Crippen molar-refractivity contribution >= 4 is 23.6 Å². The van der Waals surface area contributed by atoms with Crippen LogP contribution in [0.4, 0.5) is 5.82 Å². The summed E-state index contributed by atoms with van der Waals surface area (Å²) >= 11 is 0. The third-order valence-corrected chi connectivity index (χ3v) is 3.53. The molecule has 0 bridgehead atoms. The number of allylic oxidation sites excluding steroid dienone is 2. The molecule has 1 fully saturated rings. The van der Waals surface area contributed by atoms with Crippen molar-refractivity contribution in [1.82, 2.24) is 10.2 Å². The zero-order chi connectivity index (χ0) is 13.6. The van der Waals surface area contributed by atoms with Gasteiger partial charge in [-0.1, -0.05) is 12.2 Å². The smallest absolute Gasteiger partial charge is 0.353 e. The number of imide groups is 1. The molecule has 1 aliphatic carbocycles. The lowest BCUT2D eigenvalue weighted by Crippen LogP contribution is -2.31. The number of hydrogen-bond acceptors (Lipinski definition) is 4. The number of nitrogens with zero attached hydrogens (tertiary/aromatic N) is 2. The zero-order valence-corrected chi connectivity index (χ0v) is 9.87. The van der Waals surface area contributed by atoms with Crippen molar-refractivity contribution < 1.29 is 19.5 Å². The Hall–Kier alpha value is -2.44. The predicted molar refractivity (Wildman–Crippen MR) is 63.4 cm³/mol. The molecule has 3 rings (SSSR count). The summed E-state index contributed by atoms with van der Waals surface area (Å²) in [5.41, 5.74) is -0.149. The van der Waals surface area contributed by atoms with E-state index in [2.05, 4.69) is 10.2 Å². The van der Waals surface area contributed by atoms with Crippen LogP contribution in [0.3, 0.4) is 0 Å². The Morgan fingerprint density at radius 2 is 1.84 bits per heavy atom. The van der Waals surface area contributed by atoms with Crippen molar-refractivity contribution in [3.8, 4) is 0 Å². The molecule has 2 atom stereocenters. The largest absolute Gasteiger partial charge is 0.477 e. The molecule has 2 amide bonds. The van der Waals surface area contributed by atoms with Gasteiger partial charge in [-0.15, -0.1) is 0 Å². The highest BCUT2D eigenvalue weighted by atomic mass is 16.4. The Balaban J connectivity index is 1.94. The van der Waals surface area contributed by atoms with Crippen molar-refractivity contribution in [3.05, 3.63) is 23.9 Å². The van der Waals surface area contributed by atoms with E-state index in [-0.39, 0.29) is 35.2 Å². The minimum absolute atomic E-state index is 0.0572. The van der Waals surface area contributed by atoms with E-state index in [9.17, 15) is 14.4 Å². The lowest BCUT2D eigenvalue weighted by molar-refractivity contribution is -0.122. The van der Waals surface area contributed by atoms with Crippen LogP contribution >= 0.6 is 0 Å². The average molecular weight is 261 g/mol. The van der Waals surface area contributed by atoms with Gasteiger partial charge in [0.25, 0.3) is 0 Å². The monoisotopic (exact) mass is 261 g/mol. The molecule has 1 saturated heterocycles. The molecule has 2 heterocycles. The van der Waals surface area contributed by atoms with E-state index in [1.807, 2.05) is 12.2 Å². The fraction of sp³-hybridized carbons (Fsp3) is 0.333. The highest BCUT2D eigenvalue weighted by Gasteiger charge is 2.48. The summed E-state index contributed by atoms with van der Waals surface area (Å²) in [5, 5.41) is 14.8.